The number of sulfonamides is 1. The van der Waals surface area contributed by atoms with Crippen LogP contribution in [-0.2, 0) is 10.0 Å². The number of hydrogen-bond acceptors (Lipinski definition) is 3. The van der Waals surface area contributed by atoms with Gasteiger partial charge >= 0.3 is 0 Å². The highest BCUT2D eigenvalue weighted by Gasteiger charge is 2.10. The number of rotatable bonds is 3. The summed E-state index contributed by atoms with van der Waals surface area (Å²) >= 11 is 1.58. The Labute approximate surface area is 90.8 Å². The van der Waals surface area contributed by atoms with E-state index < -0.39 is 10.0 Å². The van der Waals surface area contributed by atoms with Gasteiger partial charge in [-0.15, -0.1) is 0 Å². The summed E-state index contributed by atoms with van der Waals surface area (Å²) in [5.41, 5.74) is 0. The quantitative estimate of drug-likeness (QED) is 0.676. The van der Waals surface area contributed by atoms with Crippen LogP contribution in [0.1, 0.15) is 0 Å². The standard InChI is InChI=1S/C7H8INO3S/c1-12-6-2-4-7(5-3-6)13(10,11)9-8/h2-5,9H,1H3. The third kappa shape index (κ3) is 2.55. The van der Waals surface area contributed by atoms with E-state index in [0.717, 1.165) is 0 Å². The molecule has 1 aromatic rings. The van der Waals surface area contributed by atoms with Gasteiger partial charge in [0.1, 0.15) is 5.75 Å². The Morgan fingerprint density at radius 1 is 1.31 bits per heavy atom. The molecule has 0 unspecified atom stereocenters. The topological polar surface area (TPSA) is 55.4 Å². The second kappa shape index (κ2) is 4.25. The number of halogens is 1. The van der Waals surface area contributed by atoms with E-state index in [1.165, 1.54) is 19.2 Å². The first-order chi connectivity index (χ1) is 6.10. The molecule has 0 aliphatic carbocycles. The minimum Gasteiger partial charge on any atom is -0.497 e. The van der Waals surface area contributed by atoms with Crippen molar-refractivity contribution in [3.63, 3.8) is 0 Å². The van der Waals surface area contributed by atoms with Crippen LogP contribution in [0.25, 0.3) is 0 Å². The van der Waals surface area contributed by atoms with Crippen LogP contribution in [0.3, 0.4) is 0 Å². The van der Waals surface area contributed by atoms with Crippen molar-refractivity contribution in [2.75, 3.05) is 7.11 Å². The Kier molecular flexibility index (Phi) is 3.51. The van der Waals surface area contributed by atoms with Gasteiger partial charge in [-0.05, 0) is 24.3 Å². The second-order valence-corrected chi connectivity index (χ2v) is 5.21. The van der Waals surface area contributed by atoms with E-state index in [1.807, 2.05) is 0 Å². The Morgan fingerprint density at radius 3 is 2.23 bits per heavy atom. The van der Waals surface area contributed by atoms with Gasteiger partial charge in [-0.25, -0.2) is 8.42 Å². The van der Waals surface area contributed by atoms with Gasteiger partial charge in [-0.1, -0.05) is 0 Å². The summed E-state index contributed by atoms with van der Waals surface area (Å²) in [7, 11) is -1.81. The van der Waals surface area contributed by atoms with E-state index in [-0.39, 0.29) is 4.90 Å². The Hall–Kier alpha value is -0.340. The zero-order valence-electron chi connectivity index (χ0n) is 6.82. The lowest BCUT2D eigenvalue weighted by molar-refractivity contribution is 0.414. The lowest BCUT2D eigenvalue weighted by atomic mass is 10.3. The van der Waals surface area contributed by atoms with E-state index in [1.54, 1.807) is 35.0 Å². The van der Waals surface area contributed by atoms with E-state index >= 15 is 0 Å². The van der Waals surface area contributed by atoms with Crippen LogP contribution in [0.2, 0.25) is 0 Å². The van der Waals surface area contributed by atoms with Gasteiger partial charge in [0, 0.05) is 22.9 Å². The first-order valence-electron chi connectivity index (χ1n) is 3.36. The predicted octanol–water partition coefficient (Wildman–Crippen LogP) is 1.32. The van der Waals surface area contributed by atoms with Crippen molar-refractivity contribution in [1.29, 1.82) is 0 Å². The number of hydrogen-bond donors (Lipinski definition) is 1. The van der Waals surface area contributed by atoms with Gasteiger partial charge in [-0.3, -0.25) is 0 Å². The molecule has 0 radical (unpaired) electrons. The molecule has 1 rings (SSSR count). The Morgan fingerprint density at radius 2 is 1.85 bits per heavy atom. The first-order valence-corrected chi connectivity index (χ1v) is 5.93. The second-order valence-electron chi connectivity index (χ2n) is 2.26. The molecule has 0 bridgehead atoms. The van der Waals surface area contributed by atoms with Crippen molar-refractivity contribution >= 4 is 32.9 Å². The average molecular weight is 313 g/mol. The molecule has 1 aromatic carbocycles. The highest BCUT2D eigenvalue weighted by Crippen LogP contribution is 2.15. The molecule has 6 heteroatoms. The molecule has 13 heavy (non-hydrogen) atoms. The van der Waals surface area contributed by atoms with Crippen molar-refractivity contribution in [1.82, 2.24) is 2.94 Å². The summed E-state index contributed by atoms with van der Waals surface area (Å²) in [5, 5.41) is 0. The maximum atomic E-state index is 11.2. The smallest absolute Gasteiger partial charge is 0.249 e. The predicted molar refractivity (Wildman–Crippen MR) is 57.3 cm³/mol. The number of ether oxygens (including phenoxy) is 1. The van der Waals surface area contributed by atoms with Crippen molar-refractivity contribution in [2.24, 2.45) is 0 Å². The monoisotopic (exact) mass is 313 g/mol. The zero-order chi connectivity index (χ0) is 9.90. The Bertz CT molecular complexity index is 373. The van der Waals surface area contributed by atoms with Crippen molar-refractivity contribution < 1.29 is 13.2 Å². The van der Waals surface area contributed by atoms with Crippen LogP contribution >= 0.6 is 22.9 Å². The number of methoxy groups -OCH3 is 1. The Balaban J connectivity index is 3.06. The van der Waals surface area contributed by atoms with Crippen LogP contribution in [0.4, 0.5) is 0 Å². The molecule has 0 atom stereocenters. The third-order valence-electron chi connectivity index (χ3n) is 1.47. The van der Waals surface area contributed by atoms with Gasteiger partial charge in [0.25, 0.3) is 0 Å². The van der Waals surface area contributed by atoms with Crippen molar-refractivity contribution in [3.05, 3.63) is 24.3 Å². The molecule has 0 aliphatic rings. The molecule has 1 N–H and O–H groups in total. The summed E-state index contributed by atoms with van der Waals surface area (Å²) in [6.45, 7) is 0. The summed E-state index contributed by atoms with van der Waals surface area (Å²) in [4.78, 5) is 0.225. The van der Waals surface area contributed by atoms with Crippen molar-refractivity contribution in [3.8, 4) is 5.75 Å². The minimum absolute atomic E-state index is 0.225. The van der Waals surface area contributed by atoms with E-state index in [0.29, 0.717) is 5.75 Å². The maximum Gasteiger partial charge on any atom is 0.249 e. The van der Waals surface area contributed by atoms with Crippen LogP contribution in [0, 0.1) is 0 Å². The van der Waals surface area contributed by atoms with Gasteiger partial charge in [-0.2, -0.15) is 2.94 Å². The molecule has 0 heterocycles. The van der Waals surface area contributed by atoms with Crippen LogP contribution < -0.4 is 7.67 Å². The van der Waals surface area contributed by atoms with Gasteiger partial charge < -0.3 is 4.74 Å². The van der Waals surface area contributed by atoms with Crippen LogP contribution in [-0.4, -0.2) is 15.5 Å². The van der Waals surface area contributed by atoms with Crippen molar-refractivity contribution in [2.45, 2.75) is 4.90 Å². The molecule has 4 nitrogen and oxygen atoms in total. The fourth-order valence-corrected chi connectivity index (χ4v) is 2.15. The van der Waals surface area contributed by atoms with E-state index in [4.69, 9.17) is 4.74 Å². The normalized spacial score (nSPS) is 11.2. The first kappa shape index (κ1) is 10.7. The van der Waals surface area contributed by atoms with Gasteiger partial charge in [0.15, 0.2) is 0 Å². The van der Waals surface area contributed by atoms with Gasteiger partial charge in [0.05, 0.1) is 12.0 Å². The lowest BCUT2D eigenvalue weighted by Crippen LogP contribution is -2.12. The minimum atomic E-state index is -3.34. The molecular formula is C7H8INO3S. The molecule has 0 aromatic heterocycles. The summed E-state index contributed by atoms with van der Waals surface area (Å²) in [6.07, 6.45) is 0. The number of nitrogens with one attached hydrogen (secondary N) is 1. The maximum absolute atomic E-state index is 11.2. The summed E-state index contributed by atoms with van der Waals surface area (Å²) in [5.74, 6) is 0.632. The average Bonchev–Trinajstić information content (AvgIpc) is 2.18. The van der Waals surface area contributed by atoms with Gasteiger partial charge in [0.2, 0.25) is 10.0 Å². The van der Waals surface area contributed by atoms with E-state index in [9.17, 15) is 8.42 Å². The molecule has 0 saturated heterocycles. The fourth-order valence-electron chi connectivity index (χ4n) is 0.799. The lowest BCUT2D eigenvalue weighted by Gasteiger charge is -2.02. The third-order valence-corrected chi connectivity index (χ3v) is 4.31. The zero-order valence-corrected chi connectivity index (χ0v) is 9.79. The van der Waals surface area contributed by atoms with E-state index in [2.05, 4.69) is 2.94 Å². The molecule has 0 saturated carbocycles. The van der Waals surface area contributed by atoms with Crippen LogP contribution in [0.5, 0.6) is 5.75 Å². The molecule has 72 valence electrons. The molecule has 0 fully saturated rings. The van der Waals surface area contributed by atoms with Crippen LogP contribution in [0.15, 0.2) is 29.2 Å². The largest absolute Gasteiger partial charge is 0.497 e. The SMILES string of the molecule is COc1ccc(S(=O)(=O)NI)cc1. The number of benzene rings is 1. The summed E-state index contributed by atoms with van der Waals surface area (Å²) < 4.78 is 29.6. The molecular weight excluding hydrogens is 305 g/mol. The molecule has 0 aliphatic heterocycles. The highest BCUT2D eigenvalue weighted by atomic mass is 127. The molecule has 0 amide bonds. The fraction of sp³-hybridized carbons (Fsp3) is 0.143. The molecule has 0 spiro atoms. The summed E-state index contributed by atoms with van der Waals surface area (Å²) in [6, 6.07) is 6.17. The highest BCUT2D eigenvalue weighted by molar-refractivity contribution is 14.1.